The molecule has 174 valence electrons. The number of hydrogen-bond donors (Lipinski definition) is 1. The van der Waals surface area contributed by atoms with Crippen molar-refractivity contribution in [2.75, 3.05) is 33.4 Å². The normalized spacial score (nSPS) is 19.9. The average Bonchev–Trinajstić information content (AvgIpc) is 3.51. The highest BCUT2D eigenvalue weighted by molar-refractivity contribution is 5.98. The molecule has 1 N–H and O–H groups in total. The molecule has 2 aromatic carbocycles. The Labute approximate surface area is 195 Å². The molecule has 2 saturated heterocycles. The van der Waals surface area contributed by atoms with E-state index in [9.17, 15) is 4.79 Å². The van der Waals surface area contributed by atoms with Crippen molar-refractivity contribution in [3.63, 3.8) is 0 Å². The van der Waals surface area contributed by atoms with Crippen molar-refractivity contribution in [1.82, 2.24) is 14.8 Å². The summed E-state index contributed by atoms with van der Waals surface area (Å²) in [5.74, 6) is 0.880. The zero-order valence-electron chi connectivity index (χ0n) is 19.3. The number of methoxy groups -OCH3 is 1. The molecule has 1 atom stereocenters. The van der Waals surface area contributed by atoms with Crippen molar-refractivity contribution in [3.05, 3.63) is 65.9 Å². The third kappa shape index (κ3) is 4.92. The van der Waals surface area contributed by atoms with Crippen LogP contribution in [0.2, 0.25) is 0 Å². The molecule has 0 spiro atoms. The fourth-order valence-corrected chi connectivity index (χ4v) is 5.32. The first kappa shape index (κ1) is 22.0. The number of hydrogen-bond acceptors (Lipinski definition) is 4. The van der Waals surface area contributed by atoms with E-state index in [-0.39, 0.29) is 5.91 Å². The van der Waals surface area contributed by atoms with E-state index < -0.39 is 0 Å². The van der Waals surface area contributed by atoms with Gasteiger partial charge in [0, 0.05) is 42.1 Å². The highest BCUT2D eigenvalue weighted by atomic mass is 16.5. The van der Waals surface area contributed by atoms with E-state index in [1.165, 1.54) is 18.4 Å². The molecule has 1 unspecified atom stereocenters. The van der Waals surface area contributed by atoms with Crippen LogP contribution in [-0.2, 0) is 11.3 Å². The largest absolute Gasteiger partial charge is 0.497 e. The molecule has 3 heterocycles. The highest BCUT2D eigenvalue weighted by Crippen LogP contribution is 2.28. The number of nitrogens with one attached hydrogen (secondary N) is 1. The number of benzene rings is 2. The molecule has 0 radical (unpaired) electrons. The van der Waals surface area contributed by atoms with Crippen molar-refractivity contribution >= 4 is 16.8 Å². The Balaban J connectivity index is 1.14. The number of H-pyrrole nitrogens is 1. The van der Waals surface area contributed by atoms with E-state index in [4.69, 9.17) is 9.47 Å². The highest BCUT2D eigenvalue weighted by Gasteiger charge is 2.34. The minimum absolute atomic E-state index is 0.0905. The number of aromatic nitrogens is 1. The van der Waals surface area contributed by atoms with Crippen LogP contribution >= 0.6 is 0 Å². The van der Waals surface area contributed by atoms with Crippen molar-refractivity contribution in [2.45, 2.75) is 44.4 Å². The van der Waals surface area contributed by atoms with Crippen molar-refractivity contribution in [2.24, 2.45) is 0 Å². The molecule has 2 aliphatic heterocycles. The zero-order chi connectivity index (χ0) is 22.6. The average molecular weight is 448 g/mol. The third-order valence-electron chi connectivity index (χ3n) is 7.13. The van der Waals surface area contributed by atoms with Gasteiger partial charge in [-0.3, -0.25) is 9.69 Å². The minimum atomic E-state index is 0.0905. The van der Waals surface area contributed by atoms with Crippen LogP contribution in [0.15, 0.2) is 54.6 Å². The van der Waals surface area contributed by atoms with Crippen molar-refractivity contribution < 1.29 is 14.3 Å². The van der Waals surface area contributed by atoms with Gasteiger partial charge < -0.3 is 19.4 Å². The lowest BCUT2D eigenvalue weighted by Gasteiger charge is -2.39. The SMILES string of the molecule is COc1ccc2cc(C(=O)N3CCC(N4CCCC4COCc4ccccc4)CC3)[nH]c2c1. The van der Waals surface area contributed by atoms with E-state index >= 15 is 0 Å². The zero-order valence-corrected chi connectivity index (χ0v) is 19.3. The number of piperidine rings is 1. The number of ether oxygens (including phenoxy) is 2. The van der Waals surface area contributed by atoms with Crippen molar-refractivity contribution in [3.8, 4) is 5.75 Å². The molecule has 0 aliphatic carbocycles. The van der Waals surface area contributed by atoms with Gasteiger partial charge in [0.2, 0.25) is 0 Å². The lowest BCUT2D eigenvalue weighted by molar-refractivity contribution is 0.0313. The molecular formula is C27H33N3O3. The van der Waals surface area contributed by atoms with E-state index in [1.54, 1.807) is 7.11 Å². The van der Waals surface area contributed by atoms with Crippen LogP contribution in [0.5, 0.6) is 5.75 Å². The summed E-state index contributed by atoms with van der Waals surface area (Å²) in [5.41, 5.74) is 2.82. The fraction of sp³-hybridized carbons (Fsp3) is 0.444. The number of carbonyl (C=O) groups excluding carboxylic acids is 1. The van der Waals surface area contributed by atoms with E-state index in [0.29, 0.717) is 24.4 Å². The summed E-state index contributed by atoms with van der Waals surface area (Å²) in [6, 6.07) is 19.2. The maximum atomic E-state index is 13.1. The summed E-state index contributed by atoms with van der Waals surface area (Å²) in [6.07, 6.45) is 4.48. The second kappa shape index (κ2) is 9.98. The smallest absolute Gasteiger partial charge is 0.270 e. The lowest BCUT2D eigenvalue weighted by Crippen LogP contribution is -2.49. The Bertz CT molecular complexity index is 1070. The summed E-state index contributed by atoms with van der Waals surface area (Å²) < 4.78 is 11.4. The third-order valence-corrected chi connectivity index (χ3v) is 7.13. The molecule has 6 nitrogen and oxygen atoms in total. The Morgan fingerprint density at radius 2 is 1.85 bits per heavy atom. The first-order valence-corrected chi connectivity index (χ1v) is 12.0. The molecule has 33 heavy (non-hydrogen) atoms. The van der Waals surface area contributed by atoms with Crippen LogP contribution in [0.1, 0.15) is 41.7 Å². The minimum Gasteiger partial charge on any atom is -0.497 e. The van der Waals surface area contributed by atoms with Crippen LogP contribution in [0.4, 0.5) is 0 Å². The lowest BCUT2D eigenvalue weighted by atomic mass is 10.0. The number of amides is 1. The van der Waals surface area contributed by atoms with Gasteiger partial charge in [-0.25, -0.2) is 0 Å². The first-order valence-electron chi connectivity index (χ1n) is 12.0. The number of likely N-dealkylation sites (tertiary alicyclic amines) is 2. The Morgan fingerprint density at radius 1 is 1.03 bits per heavy atom. The standard InChI is InChI=1S/C27H33N3O3/c1-32-24-10-9-21-16-26(28-25(21)17-24)27(31)29-14-11-22(12-15-29)30-13-5-8-23(30)19-33-18-20-6-3-2-4-7-20/h2-4,6-7,9-10,16-17,22-23,28H,5,8,11-15,18-19H2,1H3. The molecule has 2 fully saturated rings. The molecule has 5 rings (SSSR count). The Hall–Kier alpha value is -2.83. The first-order chi connectivity index (χ1) is 16.2. The van der Waals surface area contributed by atoms with Gasteiger partial charge in [-0.15, -0.1) is 0 Å². The van der Waals surface area contributed by atoms with E-state index in [0.717, 1.165) is 55.7 Å². The Kier molecular flexibility index (Phi) is 6.65. The van der Waals surface area contributed by atoms with Crippen LogP contribution in [0.3, 0.4) is 0 Å². The molecule has 1 aromatic heterocycles. The van der Waals surface area contributed by atoms with Crippen LogP contribution in [-0.4, -0.2) is 66.1 Å². The van der Waals surface area contributed by atoms with Gasteiger partial charge in [-0.2, -0.15) is 0 Å². The summed E-state index contributed by atoms with van der Waals surface area (Å²) in [4.78, 5) is 21.0. The monoisotopic (exact) mass is 447 g/mol. The van der Waals surface area contributed by atoms with Gasteiger partial charge in [0.25, 0.3) is 5.91 Å². The second-order valence-corrected chi connectivity index (χ2v) is 9.19. The number of nitrogens with zero attached hydrogens (tertiary/aromatic N) is 2. The molecule has 3 aromatic rings. The van der Waals surface area contributed by atoms with Gasteiger partial charge in [0.05, 0.1) is 20.3 Å². The molecule has 1 amide bonds. The van der Waals surface area contributed by atoms with Crippen LogP contribution in [0.25, 0.3) is 10.9 Å². The van der Waals surface area contributed by atoms with Gasteiger partial charge in [-0.1, -0.05) is 30.3 Å². The second-order valence-electron chi connectivity index (χ2n) is 9.19. The Morgan fingerprint density at radius 3 is 2.64 bits per heavy atom. The van der Waals surface area contributed by atoms with Crippen LogP contribution in [0, 0.1) is 0 Å². The molecule has 0 bridgehead atoms. The van der Waals surface area contributed by atoms with Gasteiger partial charge in [0.15, 0.2) is 0 Å². The van der Waals surface area contributed by atoms with E-state index in [1.807, 2.05) is 35.2 Å². The summed E-state index contributed by atoms with van der Waals surface area (Å²) in [6.45, 7) is 4.20. The quantitative estimate of drug-likeness (QED) is 0.581. The summed E-state index contributed by atoms with van der Waals surface area (Å²) in [5, 5.41) is 1.03. The molecular weight excluding hydrogens is 414 g/mol. The molecule has 6 heteroatoms. The maximum absolute atomic E-state index is 13.1. The molecule has 0 saturated carbocycles. The summed E-state index contributed by atoms with van der Waals surface area (Å²) in [7, 11) is 1.65. The number of carbonyl (C=O) groups is 1. The number of fused-ring (bicyclic) bond motifs is 1. The van der Waals surface area contributed by atoms with Gasteiger partial charge >= 0.3 is 0 Å². The molecule has 2 aliphatic rings. The number of aromatic amines is 1. The van der Waals surface area contributed by atoms with Gasteiger partial charge in [-0.05, 0) is 56.0 Å². The summed E-state index contributed by atoms with van der Waals surface area (Å²) >= 11 is 0. The number of rotatable bonds is 7. The van der Waals surface area contributed by atoms with Crippen LogP contribution < -0.4 is 4.74 Å². The van der Waals surface area contributed by atoms with Crippen molar-refractivity contribution in [1.29, 1.82) is 0 Å². The predicted octanol–water partition coefficient (Wildman–Crippen LogP) is 4.46. The maximum Gasteiger partial charge on any atom is 0.270 e. The predicted molar refractivity (Wildman–Crippen MR) is 130 cm³/mol. The fourth-order valence-electron chi connectivity index (χ4n) is 5.32. The van der Waals surface area contributed by atoms with E-state index in [2.05, 4.69) is 34.1 Å². The topological polar surface area (TPSA) is 57.8 Å². The van der Waals surface area contributed by atoms with Gasteiger partial charge in [0.1, 0.15) is 11.4 Å².